The van der Waals surface area contributed by atoms with E-state index in [1.807, 2.05) is 25.4 Å². The number of aryl methyl sites for hydroxylation is 2. The van der Waals surface area contributed by atoms with Gasteiger partial charge in [-0.25, -0.2) is 0 Å². The van der Waals surface area contributed by atoms with Crippen LogP contribution in [0.1, 0.15) is 12.0 Å². The fourth-order valence-corrected chi connectivity index (χ4v) is 1.62. The normalized spacial score (nSPS) is 10.4. The fourth-order valence-electron chi connectivity index (χ4n) is 1.62. The van der Waals surface area contributed by atoms with Gasteiger partial charge in [-0.3, -0.25) is 4.68 Å². The maximum absolute atomic E-state index is 5.63. The Bertz CT molecular complexity index is 462. The van der Waals surface area contributed by atoms with Crippen LogP contribution in [0, 0.1) is 0 Å². The largest absolute Gasteiger partial charge is 0.490 e. The van der Waals surface area contributed by atoms with Gasteiger partial charge in [0.2, 0.25) is 0 Å². The highest BCUT2D eigenvalue weighted by Crippen LogP contribution is 2.10. The van der Waals surface area contributed by atoms with Crippen molar-refractivity contribution in [3.63, 3.8) is 0 Å². The van der Waals surface area contributed by atoms with Gasteiger partial charge in [0.05, 0.1) is 19.0 Å². The van der Waals surface area contributed by atoms with E-state index in [9.17, 15) is 0 Å². The second-order valence-electron chi connectivity index (χ2n) is 4.04. The zero-order valence-electron chi connectivity index (χ0n) is 9.97. The molecule has 0 aliphatic rings. The summed E-state index contributed by atoms with van der Waals surface area (Å²) in [6, 6.07) is 7.97. The molecule has 1 aromatic heterocycles. The molecule has 0 bridgehead atoms. The van der Waals surface area contributed by atoms with E-state index in [1.165, 1.54) is 5.56 Å². The monoisotopic (exact) mass is 231 g/mol. The van der Waals surface area contributed by atoms with Crippen molar-refractivity contribution in [2.75, 3.05) is 12.3 Å². The molecule has 1 aromatic carbocycles. The zero-order chi connectivity index (χ0) is 12.1. The smallest absolute Gasteiger partial charge is 0.157 e. The molecule has 17 heavy (non-hydrogen) atoms. The Morgan fingerprint density at radius 3 is 2.71 bits per heavy atom. The third-order valence-electron chi connectivity index (χ3n) is 2.54. The van der Waals surface area contributed by atoms with Crippen molar-refractivity contribution in [1.82, 2.24) is 9.78 Å². The number of benzene rings is 1. The van der Waals surface area contributed by atoms with E-state index in [0.717, 1.165) is 24.3 Å². The van der Waals surface area contributed by atoms with Crippen molar-refractivity contribution in [2.24, 2.45) is 7.05 Å². The summed E-state index contributed by atoms with van der Waals surface area (Å²) >= 11 is 0. The lowest BCUT2D eigenvalue weighted by molar-refractivity contribution is 0.311. The van der Waals surface area contributed by atoms with E-state index >= 15 is 0 Å². The molecule has 0 saturated carbocycles. The Morgan fingerprint density at radius 2 is 2.06 bits per heavy atom. The molecule has 0 atom stereocenters. The van der Waals surface area contributed by atoms with Gasteiger partial charge in [-0.1, -0.05) is 12.1 Å². The molecule has 2 rings (SSSR count). The minimum Gasteiger partial charge on any atom is -0.490 e. The Kier molecular flexibility index (Phi) is 3.65. The van der Waals surface area contributed by atoms with Crippen molar-refractivity contribution in [3.8, 4) is 5.75 Å². The summed E-state index contributed by atoms with van der Waals surface area (Å²) in [5.41, 5.74) is 7.72. The number of nitrogens with zero attached hydrogens (tertiary/aromatic N) is 2. The molecule has 0 aliphatic carbocycles. The number of rotatable bonds is 5. The number of aromatic nitrogens is 2. The molecule has 0 saturated heterocycles. The lowest BCUT2D eigenvalue weighted by Gasteiger charge is -2.03. The van der Waals surface area contributed by atoms with E-state index in [1.54, 1.807) is 10.9 Å². The van der Waals surface area contributed by atoms with Crippen molar-refractivity contribution in [2.45, 2.75) is 12.8 Å². The van der Waals surface area contributed by atoms with Gasteiger partial charge in [0.15, 0.2) is 5.75 Å². The van der Waals surface area contributed by atoms with Gasteiger partial charge in [0, 0.05) is 12.7 Å². The van der Waals surface area contributed by atoms with Gasteiger partial charge in [0.25, 0.3) is 0 Å². The maximum atomic E-state index is 5.63. The highest BCUT2D eigenvalue weighted by Gasteiger charge is 1.97. The SMILES string of the molecule is Cn1cc(OCCCc2ccc(N)cc2)cn1. The van der Waals surface area contributed by atoms with Crippen LogP contribution in [-0.4, -0.2) is 16.4 Å². The number of anilines is 1. The van der Waals surface area contributed by atoms with E-state index in [2.05, 4.69) is 17.2 Å². The van der Waals surface area contributed by atoms with Crippen molar-refractivity contribution >= 4 is 5.69 Å². The second-order valence-corrected chi connectivity index (χ2v) is 4.04. The second kappa shape index (κ2) is 5.39. The highest BCUT2D eigenvalue weighted by atomic mass is 16.5. The summed E-state index contributed by atoms with van der Waals surface area (Å²) in [6.45, 7) is 0.704. The Labute approximate surface area is 101 Å². The first-order valence-electron chi connectivity index (χ1n) is 5.70. The highest BCUT2D eigenvalue weighted by molar-refractivity contribution is 5.39. The summed E-state index contributed by atoms with van der Waals surface area (Å²) in [6.07, 6.45) is 5.58. The van der Waals surface area contributed by atoms with Crippen molar-refractivity contribution in [3.05, 3.63) is 42.2 Å². The third-order valence-corrected chi connectivity index (χ3v) is 2.54. The maximum Gasteiger partial charge on any atom is 0.157 e. The van der Waals surface area contributed by atoms with Crippen LogP contribution in [0.15, 0.2) is 36.7 Å². The van der Waals surface area contributed by atoms with Gasteiger partial charge in [-0.15, -0.1) is 0 Å². The average molecular weight is 231 g/mol. The first kappa shape index (κ1) is 11.5. The van der Waals surface area contributed by atoms with Gasteiger partial charge in [0.1, 0.15) is 0 Å². The minimum atomic E-state index is 0.704. The molecule has 0 aliphatic heterocycles. The molecule has 0 radical (unpaired) electrons. The molecule has 1 heterocycles. The summed E-state index contributed by atoms with van der Waals surface area (Å²) in [5, 5.41) is 4.04. The molecule has 4 heteroatoms. The quantitative estimate of drug-likeness (QED) is 0.632. The predicted molar refractivity (Wildman–Crippen MR) is 67.9 cm³/mol. The van der Waals surface area contributed by atoms with Crippen LogP contribution in [0.25, 0.3) is 0 Å². The topological polar surface area (TPSA) is 53.1 Å². The van der Waals surface area contributed by atoms with Gasteiger partial charge in [-0.05, 0) is 30.5 Å². The molecular weight excluding hydrogens is 214 g/mol. The third kappa shape index (κ3) is 3.52. The lowest BCUT2D eigenvalue weighted by atomic mass is 10.1. The first-order valence-corrected chi connectivity index (χ1v) is 5.70. The van der Waals surface area contributed by atoms with Crippen LogP contribution in [0.2, 0.25) is 0 Å². The molecule has 2 N–H and O–H groups in total. The minimum absolute atomic E-state index is 0.704. The van der Waals surface area contributed by atoms with E-state index < -0.39 is 0 Å². The predicted octanol–water partition coefficient (Wildman–Crippen LogP) is 2.01. The van der Waals surface area contributed by atoms with Crippen LogP contribution in [-0.2, 0) is 13.5 Å². The molecule has 0 spiro atoms. The summed E-state index contributed by atoms with van der Waals surface area (Å²) in [5.74, 6) is 0.824. The van der Waals surface area contributed by atoms with Crippen molar-refractivity contribution in [1.29, 1.82) is 0 Å². The van der Waals surface area contributed by atoms with E-state index in [4.69, 9.17) is 10.5 Å². The van der Waals surface area contributed by atoms with E-state index in [0.29, 0.717) is 6.61 Å². The van der Waals surface area contributed by atoms with Crippen molar-refractivity contribution < 1.29 is 4.74 Å². The number of hydrogen-bond donors (Lipinski definition) is 1. The van der Waals surface area contributed by atoms with Crippen LogP contribution in [0.4, 0.5) is 5.69 Å². The van der Waals surface area contributed by atoms with Gasteiger partial charge in [-0.2, -0.15) is 5.10 Å². The molecule has 90 valence electrons. The molecule has 0 fully saturated rings. The number of hydrogen-bond acceptors (Lipinski definition) is 3. The van der Waals surface area contributed by atoms with Crippen LogP contribution < -0.4 is 10.5 Å². The lowest BCUT2D eigenvalue weighted by Crippen LogP contribution is -1.99. The summed E-state index contributed by atoms with van der Waals surface area (Å²) < 4.78 is 7.30. The molecule has 0 amide bonds. The van der Waals surface area contributed by atoms with Gasteiger partial charge < -0.3 is 10.5 Å². The van der Waals surface area contributed by atoms with Crippen LogP contribution in [0.3, 0.4) is 0 Å². The number of nitrogen functional groups attached to an aromatic ring is 1. The zero-order valence-corrected chi connectivity index (χ0v) is 9.97. The molecule has 0 unspecified atom stereocenters. The Balaban J connectivity index is 1.71. The Hall–Kier alpha value is -1.97. The Morgan fingerprint density at radius 1 is 1.29 bits per heavy atom. The average Bonchev–Trinajstić information content (AvgIpc) is 2.73. The standard InChI is InChI=1S/C13H17N3O/c1-16-10-13(9-15-16)17-8-2-3-11-4-6-12(14)7-5-11/h4-7,9-10H,2-3,8,14H2,1H3. The summed E-state index contributed by atoms with van der Waals surface area (Å²) in [4.78, 5) is 0. The van der Waals surface area contributed by atoms with Crippen LogP contribution in [0.5, 0.6) is 5.75 Å². The first-order chi connectivity index (χ1) is 8.24. The molecule has 4 nitrogen and oxygen atoms in total. The summed E-state index contributed by atoms with van der Waals surface area (Å²) in [7, 11) is 1.88. The molecular formula is C13H17N3O. The van der Waals surface area contributed by atoms with E-state index in [-0.39, 0.29) is 0 Å². The number of nitrogens with two attached hydrogens (primary N) is 1. The van der Waals surface area contributed by atoms with Crippen LogP contribution >= 0.6 is 0 Å². The molecule has 2 aromatic rings. The fraction of sp³-hybridized carbons (Fsp3) is 0.308. The number of ether oxygens (including phenoxy) is 1. The van der Waals surface area contributed by atoms with Gasteiger partial charge >= 0.3 is 0 Å².